The van der Waals surface area contributed by atoms with Crippen molar-refractivity contribution in [3.8, 4) is 11.1 Å². The van der Waals surface area contributed by atoms with Crippen molar-refractivity contribution in [2.45, 2.75) is 13.8 Å². The highest BCUT2D eigenvalue weighted by Crippen LogP contribution is 2.36. The van der Waals surface area contributed by atoms with Gasteiger partial charge in [-0.15, -0.1) is 11.3 Å². The van der Waals surface area contributed by atoms with Crippen LogP contribution in [0.3, 0.4) is 0 Å². The van der Waals surface area contributed by atoms with Crippen LogP contribution in [-0.4, -0.2) is 66.9 Å². The number of benzene rings is 1. The van der Waals surface area contributed by atoms with Crippen LogP contribution < -0.4 is 5.32 Å². The molecule has 0 radical (unpaired) electrons. The first kappa shape index (κ1) is 24.6. The SMILES string of the molecule is CCOC(=O)c1c(-c2ccc(F)cc2)csc1NC(=O)CN1CCN(C(=O)c2ccc(C)o2)CC1. The van der Waals surface area contributed by atoms with Crippen molar-refractivity contribution >= 4 is 34.1 Å². The van der Waals surface area contributed by atoms with Crippen LogP contribution in [0, 0.1) is 12.7 Å². The Bertz CT molecular complexity index is 1210. The van der Waals surface area contributed by atoms with Gasteiger partial charge in [0, 0.05) is 37.1 Å². The summed E-state index contributed by atoms with van der Waals surface area (Å²) in [5.41, 5.74) is 1.48. The molecule has 4 rings (SSSR count). The first-order valence-corrected chi connectivity index (χ1v) is 12.2. The number of thiophene rings is 1. The lowest BCUT2D eigenvalue weighted by Gasteiger charge is -2.33. The van der Waals surface area contributed by atoms with Gasteiger partial charge in [0.2, 0.25) is 5.91 Å². The minimum Gasteiger partial charge on any atom is -0.462 e. The lowest BCUT2D eigenvalue weighted by Crippen LogP contribution is -2.50. The molecule has 0 spiro atoms. The highest BCUT2D eigenvalue weighted by atomic mass is 32.1. The standard InChI is InChI=1S/C25H26FN3O5S/c1-3-33-25(32)22-19(17-5-7-18(26)8-6-17)15-35-23(22)27-21(30)14-28-10-12-29(13-11-28)24(31)20-9-4-16(2)34-20/h4-9,15H,3,10-14H2,1-2H3,(H,27,30). The topological polar surface area (TPSA) is 92.1 Å². The number of hydrogen-bond donors (Lipinski definition) is 1. The van der Waals surface area contributed by atoms with Crippen molar-refractivity contribution in [2.24, 2.45) is 0 Å². The third kappa shape index (κ3) is 5.77. The van der Waals surface area contributed by atoms with Crippen LogP contribution in [0.1, 0.15) is 33.6 Å². The summed E-state index contributed by atoms with van der Waals surface area (Å²) in [6.45, 7) is 5.83. The Balaban J connectivity index is 1.39. The minimum absolute atomic E-state index is 0.119. The van der Waals surface area contributed by atoms with Gasteiger partial charge in [-0.25, -0.2) is 9.18 Å². The van der Waals surface area contributed by atoms with Crippen LogP contribution in [0.2, 0.25) is 0 Å². The molecule has 8 nitrogen and oxygen atoms in total. The van der Waals surface area contributed by atoms with Crippen molar-refractivity contribution < 1.29 is 27.9 Å². The van der Waals surface area contributed by atoms with Crippen LogP contribution in [0.25, 0.3) is 11.1 Å². The van der Waals surface area contributed by atoms with Crippen molar-refractivity contribution in [3.63, 3.8) is 0 Å². The molecule has 1 aliphatic heterocycles. The van der Waals surface area contributed by atoms with E-state index in [-0.39, 0.29) is 36.3 Å². The molecule has 0 unspecified atom stereocenters. The predicted molar refractivity (Wildman–Crippen MR) is 130 cm³/mol. The average molecular weight is 500 g/mol. The molecule has 3 heterocycles. The number of furan rings is 1. The van der Waals surface area contributed by atoms with Crippen LogP contribution in [0.4, 0.5) is 9.39 Å². The van der Waals surface area contributed by atoms with E-state index in [1.165, 1.54) is 23.5 Å². The van der Waals surface area contributed by atoms with E-state index in [0.717, 1.165) is 0 Å². The number of carbonyl (C=O) groups excluding carboxylic acids is 3. The Labute approximate surface area is 206 Å². The van der Waals surface area contributed by atoms with E-state index in [1.807, 2.05) is 4.90 Å². The quantitative estimate of drug-likeness (QED) is 0.494. The van der Waals surface area contributed by atoms with Gasteiger partial charge in [-0.05, 0) is 43.7 Å². The molecular weight excluding hydrogens is 473 g/mol. The lowest BCUT2D eigenvalue weighted by molar-refractivity contribution is -0.117. The second kappa shape index (κ2) is 10.8. The number of anilines is 1. The van der Waals surface area contributed by atoms with Crippen LogP contribution >= 0.6 is 11.3 Å². The Morgan fingerprint density at radius 1 is 1.09 bits per heavy atom. The molecule has 184 valence electrons. The highest BCUT2D eigenvalue weighted by molar-refractivity contribution is 7.15. The molecule has 1 fully saturated rings. The van der Waals surface area contributed by atoms with Gasteiger partial charge in [0.05, 0.1) is 13.2 Å². The van der Waals surface area contributed by atoms with Crippen molar-refractivity contribution in [2.75, 3.05) is 44.6 Å². The van der Waals surface area contributed by atoms with E-state index < -0.39 is 5.97 Å². The summed E-state index contributed by atoms with van der Waals surface area (Å²) >= 11 is 1.22. The van der Waals surface area contributed by atoms with E-state index in [1.54, 1.807) is 48.4 Å². The van der Waals surface area contributed by atoms with Crippen molar-refractivity contribution in [1.82, 2.24) is 9.80 Å². The third-order valence-corrected chi connectivity index (χ3v) is 6.55. The zero-order valence-corrected chi connectivity index (χ0v) is 20.3. The monoisotopic (exact) mass is 499 g/mol. The number of carbonyl (C=O) groups is 3. The molecule has 2 amide bonds. The molecule has 10 heteroatoms. The van der Waals surface area contributed by atoms with E-state index in [4.69, 9.17) is 9.15 Å². The number of esters is 1. The maximum atomic E-state index is 13.4. The van der Waals surface area contributed by atoms with Gasteiger partial charge in [0.25, 0.3) is 5.91 Å². The molecule has 1 aliphatic rings. The van der Waals surface area contributed by atoms with Gasteiger partial charge in [-0.2, -0.15) is 0 Å². The predicted octanol–water partition coefficient (Wildman–Crippen LogP) is 4.03. The average Bonchev–Trinajstić information content (AvgIpc) is 3.46. The zero-order chi connectivity index (χ0) is 24.9. The van der Waals surface area contributed by atoms with Gasteiger partial charge in [0.1, 0.15) is 22.1 Å². The Kier molecular flexibility index (Phi) is 7.62. The number of nitrogens with zero attached hydrogens (tertiary/aromatic N) is 2. The van der Waals surface area contributed by atoms with Crippen molar-refractivity contribution in [3.05, 3.63) is 64.7 Å². The number of halogens is 1. The third-order valence-electron chi connectivity index (χ3n) is 5.66. The van der Waals surface area contributed by atoms with Gasteiger partial charge in [0.15, 0.2) is 5.76 Å². The fraction of sp³-hybridized carbons (Fsp3) is 0.320. The van der Waals surface area contributed by atoms with E-state index in [9.17, 15) is 18.8 Å². The first-order valence-electron chi connectivity index (χ1n) is 11.3. The van der Waals surface area contributed by atoms with Gasteiger partial charge < -0.3 is 19.4 Å². The summed E-state index contributed by atoms with van der Waals surface area (Å²) in [5, 5.41) is 4.96. The lowest BCUT2D eigenvalue weighted by atomic mass is 10.0. The van der Waals surface area contributed by atoms with Crippen molar-refractivity contribution in [1.29, 1.82) is 0 Å². The fourth-order valence-corrected chi connectivity index (χ4v) is 4.85. The first-order chi connectivity index (χ1) is 16.9. The smallest absolute Gasteiger partial charge is 0.341 e. The maximum Gasteiger partial charge on any atom is 0.341 e. The number of aryl methyl sites for hydroxylation is 1. The van der Waals surface area contributed by atoms with Crippen LogP contribution in [-0.2, 0) is 9.53 Å². The molecule has 3 aromatic rings. The van der Waals surface area contributed by atoms with Crippen LogP contribution in [0.15, 0.2) is 46.2 Å². The van der Waals surface area contributed by atoms with E-state index in [0.29, 0.717) is 53.8 Å². The van der Waals surface area contributed by atoms with Crippen LogP contribution in [0.5, 0.6) is 0 Å². The molecule has 35 heavy (non-hydrogen) atoms. The number of rotatable bonds is 7. The number of piperazine rings is 1. The molecule has 2 aromatic heterocycles. The second-order valence-electron chi connectivity index (χ2n) is 8.11. The van der Waals surface area contributed by atoms with E-state index >= 15 is 0 Å². The largest absolute Gasteiger partial charge is 0.462 e. The molecular formula is C25H26FN3O5S. The molecule has 0 saturated carbocycles. The summed E-state index contributed by atoms with van der Waals surface area (Å²) in [6, 6.07) is 9.21. The summed E-state index contributed by atoms with van der Waals surface area (Å²) in [7, 11) is 0. The highest BCUT2D eigenvalue weighted by Gasteiger charge is 2.27. The molecule has 0 atom stereocenters. The Morgan fingerprint density at radius 3 is 2.43 bits per heavy atom. The number of ether oxygens (including phenoxy) is 1. The van der Waals surface area contributed by atoms with Gasteiger partial charge in [-0.3, -0.25) is 14.5 Å². The molecule has 1 N–H and O–H groups in total. The molecule has 0 aliphatic carbocycles. The Hall–Kier alpha value is -3.50. The summed E-state index contributed by atoms with van der Waals surface area (Å²) < 4.78 is 24.0. The maximum absolute atomic E-state index is 13.4. The number of amides is 2. The fourth-order valence-electron chi connectivity index (χ4n) is 3.88. The van der Waals surface area contributed by atoms with Gasteiger partial charge in [-0.1, -0.05) is 12.1 Å². The summed E-state index contributed by atoms with van der Waals surface area (Å²) in [6.07, 6.45) is 0. The molecule has 0 bridgehead atoms. The second-order valence-corrected chi connectivity index (χ2v) is 8.99. The van der Waals surface area contributed by atoms with E-state index in [2.05, 4.69) is 5.32 Å². The van der Waals surface area contributed by atoms with Gasteiger partial charge >= 0.3 is 5.97 Å². The zero-order valence-electron chi connectivity index (χ0n) is 19.5. The molecule has 1 aromatic carbocycles. The summed E-state index contributed by atoms with van der Waals surface area (Å²) in [5.74, 6) is -0.366. The normalized spacial score (nSPS) is 14.1. The summed E-state index contributed by atoms with van der Waals surface area (Å²) in [4.78, 5) is 41.7. The number of hydrogen-bond acceptors (Lipinski definition) is 7. The minimum atomic E-state index is -0.552. The molecule has 1 saturated heterocycles. The number of nitrogens with one attached hydrogen (secondary N) is 1. The Morgan fingerprint density at radius 2 is 1.80 bits per heavy atom.